The van der Waals surface area contributed by atoms with Crippen LogP contribution in [0.3, 0.4) is 0 Å². The fourth-order valence-corrected chi connectivity index (χ4v) is 3.38. The Labute approximate surface area is 107 Å². The zero-order chi connectivity index (χ0) is 11.7. The van der Waals surface area contributed by atoms with Crippen LogP contribution in [0.25, 0.3) is 0 Å². The molecule has 0 aromatic carbocycles. The summed E-state index contributed by atoms with van der Waals surface area (Å²) in [6.45, 7) is 6.93. The minimum Gasteiger partial charge on any atom is -0.314 e. The number of hydrogen-bond donors (Lipinski definition) is 1. The molecule has 3 rings (SSSR count). The predicted molar refractivity (Wildman–Crippen MR) is 71.3 cm³/mol. The highest BCUT2D eigenvalue weighted by Gasteiger charge is 2.26. The van der Waals surface area contributed by atoms with Crippen molar-refractivity contribution in [3.8, 4) is 0 Å². The van der Waals surface area contributed by atoms with Gasteiger partial charge in [-0.15, -0.1) is 11.3 Å². The molecule has 1 aliphatic heterocycles. The van der Waals surface area contributed by atoms with Gasteiger partial charge in [0.2, 0.25) is 0 Å². The molecular formula is C13H21N3S. The van der Waals surface area contributed by atoms with Gasteiger partial charge in [0.15, 0.2) is 0 Å². The van der Waals surface area contributed by atoms with Crippen molar-refractivity contribution in [2.75, 3.05) is 19.6 Å². The molecule has 1 saturated heterocycles. The average Bonchev–Trinajstić information content (AvgIpc) is 2.90. The van der Waals surface area contributed by atoms with Gasteiger partial charge in [-0.05, 0) is 45.2 Å². The van der Waals surface area contributed by atoms with Gasteiger partial charge in [0.25, 0.3) is 0 Å². The third-order valence-corrected chi connectivity index (χ3v) is 4.59. The first-order chi connectivity index (χ1) is 8.29. The molecule has 0 amide bonds. The quantitative estimate of drug-likeness (QED) is 0.868. The Morgan fingerprint density at radius 3 is 3.06 bits per heavy atom. The molecule has 17 heavy (non-hydrogen) atoms. The molecule has 4 heteroatoms. The topological polar surface area (TPSA) is 28.2 Å². The van der Waals surface area contributed by atoms with Crippen LogP contribution in [0, 0.1) is 12.8 Å². The molecule has 1 aromatic heterocycles. The summed E-state index contributed by atoms with van der Waals surface area (Å²) in [5, 5.41) is 4.84. The second-order valence-corrected chi connectivity index (χ2v) is 6.74. The van der Waals surface area contributed by atoms with E-state index in [9.17, 15) is 0 Å². The van der Waals surface area contributed by atoms with Gasteiger partial charge in [0, 0.05) is 30.2 Å². The molecule has 3 nitrogen and oxygen atoms in total. The maximum atomic E-state index is 4.33. The summed E-state index contributed by atoms with van der Waals surface area (Å²) < 4.78 is 0. The number of thiazole rings is 1. The number of hydrogen-bond acceptors (Lipinski definition) is 4. The van der Waals surface area contributed by atoms with Crippen molar-refractivity contribution in [2.24, 2.45) is 5.92 Å². The number of nitrogens with zero attached hydrogens (tertiary/aromatic N) is 2. The van der Waals surface area contributed by atoms with Crippen molar-refractivity contribution in [3.63, 3.8) is 0 Å². The molecule has 0 radical (unpaired) electrons. The van der Waals surface area contributed by atoms with E-state index in [-0.39, 0.29) is 0 Å². The van der Waals surface area contributed by atoms with E-state index in [1.807, 2.05) is 17.5 Å². The fourth-order valence-electron chi connectivity index (χ4n) is 2.54. The van der Waals surface area contributed by atoms with Gasteiger partial charge in [-0.2, -0.15) is 0 Å². The normalized spacial score (nSPS) is 25.6. The molecule has 1 aromatic rings. The first-order valence-electron chi connectivity index (χ1n) is 6.66. The highest BCUT2D eigenvalue weighted by atomic mass is 32.1. The number of likely N-dealkylation sites (tertiary alicyclic amines) is 1. The van der Waals surface area contributed by atoms with Crippen molar-refractivity contribution in [1.82, 2.24) is 15.2 Å². The standard InChI is InChI=1S/C13H21N3S/c1-10-14-7-13(17-10)9-16-5-4-11(8-16)6-15-12-2-3-12/h7,11-12,15H,2-6,8-9H2,1H3. The highest BCUT2D eigenvalue weighted by molar-refractivity contribution is 7.11. The summed E-state index contributed by atoms with van der Waals surface area (Å²) in [6.07, 6.45) is 6.19. The Kier molecular flexibility index (Phi) is 3.45. The summed E-state index contributed by atoms with van der Waals surface area (Å²) in [5.41, 5.74) is 0. The van der Waals surface area contributed by atoms with E-state index in [1.54, 1.807) is 0 Å². The lowest BCUT2D eigenvalue weighted by Gasteiger charge is -2.15. The Balaban J connectivity index is 1.43. The maximum absolute atomic E-state index is 4.33. The Morgan fingerprint density at radius 2 is 2.35 bits per heavy atom. The van der Waals surface area contributed by atoms with Crippen LogP contribution in [0.15, 0.2) is 6.20 Å². The van der Waals surface area contributed by atoms with Crippen LogP contribution in [0.2, 0.25) is 0 Å². The molecule has 2 fully saturated rings. The summed E-state index contributed by atoms with van der Waals surface area (Å²) in [6, 6.07) is 0.855. The molecule has 1 atom stereocenters. The number of aryl methyl sites for hydroxylation is 1. The average molecular weight is 251 g/mol. The van der Waals surface area contributed by atoms with Gasteiger partial charge < -0.3 is 5.32 Å². The Hall–Kier alpha value is -0.450. The van der Waals surface area contributed by atoms with Crippen LogP contribution in [0.5, 0.6) is 0 Å². The van der Waals surface area contributed by atoms with Crippen LogP contribution in [-0.4, -0.2) is 35.6 Å². The Bertz CT molecular complexity index is 372. The minimum atomic E-state index is 0.855. The van der Waals surface area contributed by atoms with Crippen molar-refractivity contribution in [2.45, 2.75) is 38.8 Å². The Morgan fingerprint density at radius 1 is 1.47 bits per heavy atom. The smallest absolute Gasteiger partial charge is 0.0897 e. The van der Waals surface area contributed by atoms with Gasteiger partial charge in [0.05, 0.1) is 5.01 Å². The van der Waals surface area contributed by atoms with Crippen molar-refractivity contribution >= 4 is 11.3 Å². The molecule has 0 bridgehead atoms. The summed E-state index contributed by atoms with van der Waals surface area (Å²) in [5.74, 6) is 0.865. The van der Waals surface area contributed by atoms with E-state index >= 15 is 0 Å². The van der Waals surface area contributed by atoms with Crippen LogP contribution >= 0.6 is 11.3 Å². The summed E-state index contributed by atoms with van der Waals surface area (Å²) in [7, 11) is 0. The third kappa shape index (κ3) is 3.27. The SMILES string of the molecule is Cc1ncc(CN2CCC(CNC3CC3)C2)s1. The number of nitrogens with one attached hydrogen (secondary N) is 1. The van der Waals surface area contributed by atoms with E-state index < -0.39 is 0 Å². The van der Waals surface area contributed by atoms with Crippen LogP contribution in [0.4, 0.5) is 0 Å². The number of rotatable bonds is 5. The fraction of sp³-hybridized carbons (Fsp3) is 0.769. The predicted octanol–water partition coefficient (Wildman–Crippen LogP) is 2.03. The van der Waals surface area contributed by atoms with E-state index in [0.29, 0.717) is 0 Å². The molecular weight excluding hydrogens is 230 g/mol. The minimum absolute atomic E-state index is 0.855. The zero-order valence-electron chi connectivity index (χ0n) is 10.5. The highest BCUT2D eigenvalue weighted by Crippen LogP contribution is 2.23. The summed E-state index contributed by atoms with van der Waals surface area (Å²) >= 11 is 1.84. The maximum Gasteiger partial charge on any atom is 0.0897 e. The second kappa shape index (κ2) is 5.04. The molecule has 0 spiro atoms. The van der Waals surface area contributed by atoms with Gasteiger partial charge in [-0.1, -0.05) is 0 Å². The lowest BCUT2D eigenvalue weighted by molar-refractivity contribution is 0.316. The molecule has 1 aliphatic carbocycles. The molecule has 2 aliphatic rings. The largest absolute Gasteiger partial charge is 0.314 e. The van der Waals surface area contributed by atoms with Crippen molar-refractivity contribution < 1.29 is 0 Å². The summed E-state index contributed by atoms with van der Waals surface area (Å²) in [4.78, 5) is 8.32. The van der Waals surface area contributed by atoms with Crippen LogP contribution < -0.4 is 5.32 Å². The van der Waals surface area contributed by atoms with Crippen LogP contribution in [-0.2, 0) is 6.54 Å². The third-order valence-electron chi connectivity index (χ3n) is 3.69. The van der Waals surface area contributed by atoms with Gasteiger partial charge in [0.1, 0.15) is 0 Å². The van der Waals surface area contributed by atoms with Crippen molar-refractivity contribution in [1.29, 1.82) is 0 Å². The first-order valence-corrected chi connectivity index (χ1v) is 7.48. The lowest BCUT2D eigenvalue weighted by Crippen LogP contribution is -2.27. The lowest BCUT2D eigenvalue weighted by atomic mass is 10.1. The van der Waals surface area contributed by atoms with E-state index in [0.717, 1.165) is 18.5 Å². The number of aromatic nitrogens is 1. The molecule has 1 saturated carbocycles. The molecule has 1 N–H and O–H groups in total. The van der Waals surface area contributed by atoms with Crippen LogP contribution in [0.1, 0.15) is 29.1 Å². The first kappa shape index (κ1) is 11.6. The van der Waals surface area contributed by atoms with E-state index in [2.05, 4.69) is 22.1 Å². The van der Waals surface area contributed by atoms with Gasteiger partial charge >= 0.3 is 0 Å². The van der Waals surface area contributed by atoms with Gasteiger partial charge in [-0.3, -0.25) is 4.90 Å². The van der Waals surface area contributed by atoms with E-state index in [1.165, 1.54) is 48.8 Å². The molecule has 94 valence electrons. The van der Waals surface area contributed by atoms with E-state index in [4.69, 9.17) is 0 Å². The second-order valence-electron chi connectivity index (χ2n) is 5.42. The monoisotopic (exact) mass is 251 g/mol. The van der Waals surface area contributed by atoms with Gasteiger partial charge in [-0.25, -0.2) is 4.98 Å². The van der Waals surface area contributed by atoms with Crippen molar-refractivity contribution in [3.05, 3.63) is 16.1 Å². The zero-order valence-corrected chi connectivity index (χ0v) is 11.3. The molecule has 2 heterocycles. The molecule has 1 unspecified atom stereocenters.